The molecule has 0 radical (unpaired) electrons. The number of benzene rings is 2. The lowest BCUT2D eigenvalue weighted by Crippen LogP contribution is -2.32. The Labute approximate surface area is 188 Å². The standard InChI is InChI=1S/C24H29N5OS/c1-2-28(21-13-7-4-8-14-21)23(30)19-31-24-26-25-22(18-27-15-9-10-16-27)29(24)17-20-11-5-3-6-12-20/h3-8,11-14H,2,9-10,15-19H2,1H3. The summed E-state index contributed by atoms with van der Waals surface area (Å²) in [7, 11) is 0. The van der Waals surface area contributed by atoms with Crippen LogP contribution in [0.5, 0.6) is 0 Å². The highest BCUT2D eigenvalue weighted by Crippen LogP contribution is 2.23. The first kappa shape index (κ1) is 21.6. The minimum absolute atomic E-state index is 0.0778. The Hall–Kier alpha value is -2.64. The molecule has 0 N–H and O–H groups in total. The average Bonchev–Trinajstić information content (AvgIpc) is 3.45. The van der Waals surface area contributed by atoms with Crippen LogP contribution in [0, 0.1) is 0 Å². The van der Waals surface area contributed by atoms with Gasteiger partial charge in [-0.3, -0.25) is 9.69 Å². The van der Waals surface area contributed by atoms with Crippen LogP contribution in [0.1, 0.15) is 31.2 Å². The molecule has 0 saturated carbocycles. The molecule has 0 unspecified atom stereocenters. The zero-order valence-corrected chi connectivity index (χ0v) is 18.8. The molecule has 31 heavy (non-hydrogen) atoms. The molecule has 7 heteroatoms. The molecule has 2 heterocycles. The summed E-state index contributed by atoms with van der Waals surface area (Å²) in [5, 5.41) is 9.77. The minimum Gasteiger partial charge on any atom is -0.312 e. The summed E-state index contributed by atoms with van der Waals surface area (Å²) in [6.07, 6.45) is 2.49. The first-order valence-corrected chi connectivity index (χ1v) is 11.9. The average molecular weight is 436 g/mol. The molecule has 0 aliphatic carbocycles. The maximum absolute atomic E-state index is 12.9. The number of carbonyl (C=O) groups excluding carboxylic acids is 1. The van der Waals surface area contributed by atoms with Crippen LogP contribution in [0.25, 0.3) is 0 Å². The molecule has 6 nitrogen and oxygen atoms in total. The van der Waals surface area contributed by atoms with Crippen molar-refractivity contribution >= 4 is 23.4 Å². The number of amides is 1. The number of rotatable bonds is 9. The number of aromatic nitrogens is 3. The van der Waals surface area contributed by atoms with Gasteiger partial charge in [0.1, 0.15) is 5.82 Å². The Bertz CT molecular complexity index is 970. The third-order valence-corrected chi connectivity index (χ3v) is 6.50. The highest BCUT2D eigenvalue weighted by molar-refractivity contribution is 7.99. The van der Waals surface area contributed by atoms with Crippen molar-refractivity contribution in [1.82, 2.24) is 19.7 Å². The van der Waals surface area contributed by atoms with Crippen LogP contribution in [-0.4, -0.2) is 51.0 Å². The van der Waals surface area contributed by atoms with Crippen LogP contribution >= 0.6 is 11.8 Å². The van der Waals surface area contributed by atoms with Gasteiger partial charge in [0.2, 0.25) is 5.91 Å². The smallest absolute Gasteiger partial charge is 0.237 e. The van der Waals surface area contributed by atoms with Crippen LogP contribution in [-0.2, 0) is 17.9 Å². The summed E-state index contributed by atoms with van der Waals surface area (Å²) in [5.41, 5.74) is 2.13. The van der Waals surface area contributed by atoms with E-state index in [-0.39, 0.29) is 5.91 Å². The largest absolute Gasteiger partial charge is 0.312 e. The molecule has 0 spiro atoms. The maximum Gasteiger partial charge on any atom is 0.237 e. The van der Waals surface area contributed by atoms with Crippen molar-refractivity contribution < 1.29 is 4.79 Å². The lowest BCUT2D eigenvalue weighted by atomic mass is 10.2. The second-order valence-electron chi connectivity index (χ2n) is 7.72. The first-order chi connectivity index (χ1) is 15.2. The van der Waals surface area contributed by atoms with Crippen molar-refractivity contribution in [2.45, 2.75) is 38.0 Å². The summed E-state index contributed by atoms with van der Waals surface area (Å²) in [5.74, 6) is 1.38. The lowest BCUT2D eigenvalue weighted by Gasteiger charge is -2.21. The Kier molecular flexibility index (Phi) is 7.38. The van der Waals surface area contributed by atoms with Crippen LogP contribution in [0.4, 0.5) is 5.69 Å². The van der Waals surface area contributed by atoms with Gasteiger partial charge in [0, 0.05) is 12.2 Å². The molecule has 4 rings (SSSR count). The molecule has 1 fully saturated rings. The lowest BCUT2D eigenvalue weighted by molar-refractivity contribution is -0.116. The zero-order chi connectivity index (χ0) is 21.5. The van der Waals surface area contributed by atoms with Crippen LogP contribution in [0.2, 0.25) is 0 Å². The number of nitrogens with zero attached hydrogens (tertiary/aromatic N) is 5. The third kappa shape index (κ3) is 5.54. The van der Waals surface area contributed by atoms with E-state index in [4.69, 9.17) is 0 Å². The van der Waals surface area contributed by atoms with Crippen molar-refractivity contribution in [1.29, 1.82) is 0 Å². The summed E-state index contributed by atoms with van der Waals surface area (Å²) in [4.78, 5) is 17.2. The van der Waals surface area contributed by atoms with Crippen molar-refractivity contribution in [3.8, 4) is 0 Å². The van der Waals surface area contributed by atoms with Crippen molar-refractivity contribution in [2.24, 2.45) is 0 Å². The molecule has 1 aliphatic rings. The molecule has 1 aromatic heterocycles. The number of anilines is 1. The molecular weight excluding hydrogens is 406 g/mol. The van der Waals surface area contributed by atoms with Gasteiger partial charge in [0.25, 0.3) is 0 Å². The van der Waals surface area contributed by atoms with Gasteiger partial charge in [-0.1, -0.05) is 60.3 Å². The topological polar surface area (TPSA) is 54.3 Å². The van der Waals surface area contributed by atoms with Crippen LogP contribution in [0.15, 0.2) is 65.8 Å². The fourth-order valence-electron chi connectivity index (χ4n) is 3.92. The van der Waals surface area contributed by atoms with Crippen LogP contribution < -0.4 is 4.90 Å². The summed E-state index contributed by atoms with van der Waals surface area (Å²) in [6, 6.07) is 20.2. The van der Waals surface area contributed by atoms with E-state index in [1.807, 2.05) is 48.2 Å². The molecule has 162 valence electrons. The third-order valence-electron chi connectivity index (χ3n) is 5.55. The minimum atomic E-state index is 0.0778. The second kappa shape index (κ2) is 10.6. The Morgan fingerprint density at radius 1 is 0.968 bits per heavy atom. The number of thioether (sulfide) groups is 1. The Balaban J connectivity index is 1.50. The van der Waals surface area contributed by atoms with E-state index >= 15 is 0 Å². The molecule has 0 bridgehead atoms. The highest BCUT2D eigenvalue weighted by atomic mass is 32.2. The summed E-state index contributed by atoms with van der Waals surface area (Å²) >= 11 is 1.47. The number of hydrogen-bond donors (Lipinski definition) is 0. The van der Waals surface area contributed by atoms with E-state index in [1.54, 1.807) is 0 Å². The fourth-order valence-corrected chi connectivity index (χ4v) is 4.76. The highest BCUT2D eigenvalue weighted by Gasteiger charge is 2.20. The normalized spacial score (nSPS) is 14.1. The number of hydrogen-bond acceptors (Lipinski definition) is 5. The van der Waals surface area contributed by atoms with Crippen molar-refractivity contribution in [3.63, 3.8) is 0 Å². The molecular formula is C24H29N5OS. The van der Waals surface area contributed by atoms with E-state index < -0.39 is 0 Å². The van der Waals surface area contributed by atoms with Crippen molar-refractivity contribution in [2.75, 3.05) is 30.3 Å². The monoisotopic (exact) mass is 435 g/mol. The predicted octanol–water partition coefficient (Wildman–Crippen LogP) is 4.07. The zero-order valence-electron chi connectivity index (χ0n) is 18.0. The van der Waals surface area contributed by atoms with Gasteiger partial charge < -0.3 is 9.47 Å². The van der Waals surface area contributed by atoms with E-state index in [9.17, 15) is 4.79 Å². The van der Waals surface area contributed by atoms with E-state index in [1.165, 1.54) is 30.2 Å². The Morgan fingerprint density at radius 3 is 2.32 bits per heavy atom. The summed E-state index contributed by atoms with van der Waals surface area (Å²) < 4.78 is 2.17. The van der Waals surface area contributed by atoms with Gasteiger partial charge in [-0.05, 0) is 50.6 Å². The molecule has 0 atom stereocenters. The van der Waals surface area contributed by atoms with Gasteiger partial charge in [-0.2, -0.15) is 0 Å². The van der Waals surface area contributed by atoms with Crippen LogP contribution in [0.3, 0.4) is 0 Å². The van der Waals surface area contributed by atoms with E-state index in [0.29, 0.717) is 18.8 Å². The Morgan fingerprint density at radius 2 is 1.65 bits per heavy atom. The quantitative estimate of drug-likeness (QED) is 0.474. The predicted molar refractivity (Wildman–Crippen MR) is 125 cm³/mol. The first-order valence-electron chi connectivity index (χ1n) is 10.9. The summed E-state index contributed by atoms with van der Waals surface area (Å²) in [6.45, 7) is 6.38. The van der Waals surface area contributed by atoms with Gasteiger partial charge in [0.05, 0.1) is 18.8 Å². The van der Waals surface area contributed by atoms with Crippen molar-refractivity contribution in [3.05, 3.63) is 72.1 Å². The second-order valence-corrected chi connectivity index (χ2v) is 8.66. The van der Waals surface area contributed by atoms with Gasteiger partial charge in [-0.15, -0.1) is 10.2 Å². The molecule has 3 aromatic rings. The molecule has 1 amide bonds. The van der Waals surface area contributed by atoms with Gasteiger partial charge in [-0.25, -0.2) is 0 Å². The molecule has 2 aromatic carbocycles. The molecule has 1 aliphatic heterocycles. The molecule has 1 saturated heterocycles. The number of para-hydroxylation sites is 1. The van der Waals surface area contributed by atoms with Gasteiger partial charge >= 0.3 is 0 Å². The van der Waals surface area contributed by atoms with Gasteiger partial charge in [0.15, 0.2) is 5.16 Å². The van der Waals surface area contributed by atoms with E-state index in [0.717, 1.165) is 36.3 Å². The van der Waals surface area contributed by atoms with E-state index in [2.05, 4.69) is 43.9 Å². The number of carbonyl (C=O) groups is 1. The maximum atomic E-state index is 12.9. The SMILES string of the molecule is CCN(C(=O)CSc1nnc(CN2CCCC2)n1Cc1ccccc1)c1ccccc1. The fraction of sp³-hybridized carbons (Fsp3) is 0.375. The number of likely N-dealkylation sites (tertiary alicyclic amines) is 1.